The van der Waals surface area contributed by atoms with Crippen LogP contribution in [0, 0.1) is 13.8 Å². The van der Waals surface area contributed by atoms with Gasteiger partial charge in [0.15, 0.2) is 0 Å². The minimum atomic E-state index is -0.0236. The minimum Gasteiger partial charge on any atom is -0.352 e. The number of aryl methyl sites for hydroxylation is 2. The highest BCUT2D eigenvalue weighted by atomic mass is 16.1. The number of benzene rings is 2. The number of amides is 1. The van der Waals surface area contributed by atoms with Gasteiger partial charge in [-0.2, -0.15) is 0 Å². The first-order valence-electron chi connectivity index (χ1n) is 11.8. The Bertz CT molecular complexity index is 1090. The number of hydrogen-bond acceptors (Lipinski definition) is 4. The monoisotopic (exact) mass is 430 g/mol. The lowest BCUT2D eigenvalue weighted by atomic mass is 10.0. The number of hydrogen-bond donors (Lipinski definition) is 1. The predicted molar refractivity (Wildman–Crippen MR) is 132 cm³/mol. The summed E-state index contributed by atoms with van der Waals surface area (Å²) in [5.41, 5.74) is 5.90. The largest absolute Gasteiger partial charge is 0.352 e. The normalized spacial score (nSPS) is 15.2. The maximum absolute atomic E-state index is 13.1. The second-order valence-electron chi connectivity index (χ2n) is 8.76. The number of likely N-dealkylation sites (N-methyl/N-ethyl adjacent to an activating group) is 1. The maximum Gasteiger partial charge on any atom is 0.252 e. The fourth-order valence-electron chi connectivity index (χ4n) is 4.34. The first-order chi connectivity index (χ1) is 15.5. The average molecular weight is 431 g/mol. The van der Waals surface area contributed by atoms with Crippen molar-refractivity contribution in [3.05, 3.63) is 65.2 Å². The molecule has 1 amide bonds. The number of para-hydroxylation sites is 1. The van der Waals surface area contributed by atoms with E-state index in [2.05, 4.69) is 54.1 Å². The Morgan fingerprint density at radius 1 is 0.969 bits per heavy atom. The van der Waals surface area contributed by atoms with E-state index in [9.17, 15) is 4.79 Å². The van der Waals surface area contributed by atoms with Gasteiger partial charge in [0.05, 0.1) is 16.8 Å². The lowest BCUT2D eigenvalue weighted by molar-refractivity contribution is 0.0950. The van der Waals surface area contributed by atoms with Crippen LogP contribution in [-0.2, 0) is 0 Å². The van der Waals surface area contributed by atoms with Gasteiger partial charge >= 0.3 is 0 Å². The molecule has 1 aliphatic rings. The molecule has 5 nitrogen and oxygen atoms in total. The van der Waals surface area contributed by atoms with E-state index >= 15 is 0 Å². The average Bonchev–Trinajstić information content (AvgIpc) is 2.83. The fourth-order valence-corrected chi connectivity index (χ4v) is 4.34. The number of carbonyl (C=O) groups excluding carboxylic acids is 1. The summed E-state index contributed by atoms with van der Waals surface area (Å²) in [6.07, 6.45) is 0.963. The van der Waals surface area contributed by atoms with Crippen LogP contribution in [0.4, 0.5) is 0 Å². The third-order valence-electron chi connectivity index (χ3n) is 6.61. The van der Waals surface area contributed by atoms with Gasteiger partial charge in [-0.1, -0.05) is 37.3 Å². The van der Waals surface area contributed by atoms with Gasteiger partial charge in [0.25, 0.3) is 5.91 Å². The Hall–Kier alpha value is -2.76. The molecule has 1 aliphatic heterocycles. The number of nitrogens with zero attached hydrogens (tertiary/aromatic N) is 3. The van der Waals surface area contributed by atoms with Crippen LogP contribution in [0.1, 0.15) is 34.8 Å². The van der Waals surface area contributed by atoms with Crippen LogP contribution in [0.15, 0.2) is 48.5 Å². The summed E-state index contributed by atoms with van der Waals surface area (Å²) in [5, 5.41) is 4.04. The van der Waals surface area contributed by atoms with Crippen molar-refractivity contribution in [3.63, 3.8) is 0 Å². The standard InChI is InChI=1S/C27H34N4O/c1-4-30-14-16-31(17-15-30)13-7-12-28-27(32)24-19-26(22-11-10-20(2)21(3)18-22)29-25-9-6-5-8-23(24)25/h5-6,8-11,18-19H,4,7,12-17H2,1-3H3,(H,28,32). The number of pyridine rings is 1. The predicted octanol–water partition coefficient (Wildman–Crippen LogP) is 4.28. The molecule has 5 heteroatoms. The Morgan fingerprint density at radius 3 is 2.47 bits per heavy atom. The smallest absolute Gasteiger partial charge is 0.252 e. The Morgan fingerprint density at radius 2 is 1.72 bits per heavy atom. The first kappa shape index (κ1) is 22.4. The van der Waals surface area contributed by atoms with Crippen molar-refractivity contribution in [1.29, 1.82) is 0 Å². The van der Waals surface area contributed by atoms with E-state index in [1.54, 1.807) is 0 Å². The van der Waals surface area contributed by atoms with Gasteiger partial charge in [-0.3, -0.25) is 4.79 Å². The second kappa shape index (κ2) is 10.2. The molecule has 1 N–H and O–H groups in total. The quantitative estimate of drug-likeness (QED) is 0.569. The molecule has 2 aromatic carbocycles. The number of fused-ring (bicyclic) bond motifs is 1. The summed E-state index contributed by atoms with van der Waals surface area (Å²) in [6.45, 7) is 13.8. The summed E-state index contributed by atoms with van der Waals surface area (Å²) in [6, 6.07) is 16.2. The van der Waals surface area contributed by atoms with Crippen LogP contribution >= 0.6 is 0 Å². The van der Waals surface area contributed by atoms with Gasteiger partial charge in [0.2, 0.25) is 0 Å². The molecule has 0 saturated carbocycles. The molecule has 32 heavy (non-hydrogen) atoms. The van der Waals surface area contributed by atoms with Gasteiger partial charge in [-0.05, 0) is 62.7 Å². The number of nitrogens with one attached hydrogen (secondary N) is 1. The Balaban J connectivity index is 1.45. The van der Waals surface area contributed by atoms with Crippen LogP contribution in [-0.4, -0.2) is 66.5 Å². The lowest BCUT2D eigenvalue weighted by Crippen LogP contribution is -2.46. The summed E-state index contributed by atoms with van der Waals surface area (Å²) >= 11 is 0. The highest BCUT2D eigenvalue weighted by Crippen LogP contribution is 2.26. The Kier molecular flexibility index (Phi) is 7.18. The summed E-state index contributed by atoms with van der Waals surface area (Å²) in [4.78, 5) is 23.0. The van der Waals surface area contributed by atoms with Crippen molar-refractivity contribution in [2.75, 3.05) is 45.8 Å². The summed E-state index contributed by atoms with van der Waals surface area (Å²) in [5.74, 6) is -0.0236. The first-order valence-corrected chi connectivity index (χ1v) is 11.8. The fraction of sp³-hybridized carbons (Fsp3) is 0.407. The molecule has 0 unspecified atom stereocenters. The van der Waals surface area contributed by atoms with Crippen LogP contribution in [0.25, 0.3) is 22.2 Å². The van der Waals surface area contributed by atoms with Crippen LogP contribution in [0.2, 0.25) is 0 Å². The van der Waals surface area contributed by atoms with Gasteiger partial charge in [-0.25, -0.2) is 4.98 Å². The van der Waals surface area contributed by atoms with Crippen LogP contribution < -0.4 is 5.32 Å². The van der Waals surface area contributed by atoms with Gasteiger partial charge in [0.1, 0.15) is 0 Å². The molecule has 0 bridgehead atoms. The van der Waals surface area contributed by atoms with E-state index in [-0.39, 0.29) is 5.91 Å². The van der Waals surface area contributed by atoms with Gasteiger partial charge in [-0.15, -0.1) is 0 Å². The molecular formula is C27H34N4O. The lowest BCUT2D eigenvalue weighted by Gasteiger charge is -2.33. The van der Waals surface area contributed by atoms with Crippen molar-refractivity contribution in [2.24, 2.45) is 0 Å². The number of aromatic nitrogens is 1. The molecule has 2 heterocycles. The van der Waals surface area contributed by atoms with Gasteiger partial charge < -0.3 is 15.1 Å². The molecule has 168 valence electrons. The molecule has 3 aromatic rings. The van der Waals surface area contributed by atoms with Gasteiger partial charge in [0, 0.05) is 43.7 Å². The Labute approximate surface area is 191 Å². The number of carbonyl (C=O) groups is 1. The molecular weight excluding hydrogens is 396 g/mol. The molecule has 1 fully saturated rings. The third-order valence-corrected chi connectivity index (χ3v) is 6.61. The van der Waals surface area contributed by atoms with Crippen molar-refractivity contribution < 1.29 is 4.79 Å². The number of piperazine rings is 1. The highest BCUT2D eigenvalue weighted by molar-refractivity contribution is 6.07. The van der Waals surface area contributed by atoms with Crippen molar-refractivity contribution in [2.45, 2.75) is 27.2 Å². The minimum absolute atomic E-state index is 0.0236. The van der Waals surface area contributed by atoms with E-state index in [0.717, 1.165) is 67.8 Å². The topological polar surface area (TPSA) is 48.5 Å². The van der Waals surface area contributed by atoms with E-state index in [4.69, 9.17) is 4.98 Å². The van der Waals surface area contributed by atoms with E-state index in [1.807, 2.05) is 30.3 Å². The highest BCUT2D eigenvalue weighted by Gasteiger charge is 2.16. The van der Waals surface area contributed by atoms with Crippen LogP contribution in [0.3, 0.4) is 0 Å². The molecule has 0 spiro atoms. The molecule has 0 aliphatic carbocycles. The summed E-state index contributed by atoms with van der Waals surface area (Å²) in [7, 11) is 0. The van der Waals surface area contributed by atoms with E-state index in [0.29, 0.717) is 12.1 Å². The summed E-state index contributed by atoms with van der Waals surface area (Å²) < 4.78 is 0. The third kappa shape index (κ3) is 5.17. The van der Waals surface area contributed by atoms with E-state index in [1.165, 1.54) is 11.1 Å². The van der Waals surface area contributed by atoms with E-state index < -0.39 is 0 Å². The van der Waals surface area contributed by atoms with Crippen molar-refractivity contribution >= 4 is 16.8 Å². The van der Waals surface area contributed by atoms with Crippen LogP contribution in [0.5, 0.6) is 0 Å². The van der Waals surface area contributed by atoms with Crippen molar-refractivity contribution in [3.8, 4) is 11.3 Å². The molecule has 1 aromatic heterocycles. The molecule has 4 rings (SSSR count). The number of rotatable bonds is 7. The second-order valence-corrected chi connectivity index (χ2v) is 8.76. The zero-order valence-electron chi connectivity index (χ0n) is 19.5. The zero-order valence-corrected chi connectivity index (χ0v) is 19.5. The molecule has 1 saturated heterocycles. The molecule has 0 atom stereocenters. The SMILES string of the molecule is CCN1CCN(CCCNC(=O)c2cc(-c3ccc(C)c(C)c3)nc3ccccc23)CC1. The zero-order chi connectivity index (χ0) is 22.5. The van der Waals surface area contributed by atoms with Crippen molar-refractivity contribution in [1.82, 2.24) is 20.1 Å². The molecule has 0 radical (unpaired) electrons. The maximum atomic E-state index is 13.1.